The molecule has 3 aromatic rings. The zero-order chi connectivity index (χ0) is 12.4. The first kappa shape index (κ1) is 10.8. The molecule has 2 heterocycles. The third-order valence-corrected chi connectivity index (χ3v) is 2.59. The van der Waals surface area contributed by atoms with E-state index < -0.39 is 0 Å². The molecule has 2 aromatic heterocycles. The Morgan fingerprint density at radius 1 is 1.17 bits per heavy atom. The third-order valence-electron chi connectivity index (χ3n) is 2.59. The molecule has 0 fully saturated rings. The van der Waals surface area contributed by atoms with E-state index in [4.69, 9.17) is 9.15 Å². The number of rotatable bonds is 3. The number of hydrogen-bond donors (Lipinski definition) is 0. The average molecular weight is 240 g/mol. The van der Waals surface area contributed by atoms with Gasteiger partial charge in [-0.1, -0.05) is 17.7 Å². The molecule has 0 unspecified atom stereocenters. The molecule has 0 spiro atoms. The van der Waals surface area contributed by atoms with Gasteiger partial charge in [0, 0.05) is 6.20 Å². The van der Waals surface area contributed by atoms with Crippen LogP contribution in [0.2, 0.25) is 0 Å². The Morgan fingerprint density at radius 3 is 2.78 bits per heavy atom. The van der Waals surface area contributed by atoms with E-state index in [0.29, 0.717) is 18.2 Å². The second-order valence-corrected chi connectivity index (χ2v) is 4.04. The van der Waals surface area contributed by atoms with Crippen LogP contribution >= 0.6 is 0 Å². The second-order valence-electron chi connectivity index (χ2n) is 4.04. The molecule has 0 saturated heterocycles. The van der Waals surface area contributed by atoms with Crippen LogP contribution in [-0.2, 0) is 6.61 Å². The van der Waals surface area contributed by atoms with Crippen molar-refractivity contribution in [1.29, 1.82) is 0 Å². The zero-order valence-electron chi connectivity index (χ0n) is 9.96. The third kappa shape index (κ3) is 2.18. The number of oxazole rings is 1. The number of nitrogens with zero attached hydrogens (tertiary/aromatic N) is 2. The highest BCUT2D eigenvalue weighted by molar-refractivity contribution is 5.67. The summed E-state index contributed by atoms with van der Waals surface area (Å²) in [7, 11) is 0. The van der Waals surface area contributed by atoms with Gasteiger partial charge >= 0.3 is 0 Å². The minimum atomic E-state index is 0.305. The molecule has 0 atom stereocenters. The molecule has 4 nitrogen and oxygen atoms in total. The lowest BCUT2D eigenvalue weighted by molar-refractivity contribution is 0.266. The van der Waals surface area contributed by atoms with Crippen molar-refractivity contribution in [3.05, 3.63) is 54.0 Å². The van der Waals surface area contributed by atoms with Gasteiger partial charge in [0.2, 0.25) is 11.6 Å². The summed E-state index contributed by atoms with van der Waals surface area (Å²) in [5.74, 6) is 1.33. The minimum Gasteiger partial charge on any atom is -0.484 e. The molecule has 1 aromatic carbocycles. The fourth-order valence-corrected chi connectivity index (χ4v) is 1.66. The highest BCUT2D eigenvalue weighted by atomic mass is 16.5. The summed E-state index contributed by atoms with van der Waals surface area (Å²) in [6.07, 6.45) is 1.68. The zero-order valence-corrected chi connectivity index (χ0v) is 9.96. The van der Waals surface area contributed by atoms with Gasteiger partial charge in [-0.3, -0.25) is 0 Å². The normalized spacial score (nSPS) is 10.7. The van der Waals surface area contributed by atoms with Crippen LogP contribution in [0.15, 0.2) is 47.0 Å². The molecule has 0 radical (unpaired) electrons. The molecule has 0 N–H and O–H groups in total. The van der Waals surface area contributed by atoms with Crippen molar-refractivity contribution in [3.8, 4) is 5.75 Å². The maximum Gasteiger partial charge on any atom is 0.247 e. The fourth-order valence-electron chi connectivity index (χ4n) is 1.66. The van der Waals surface area contributed by atoms with Crippen molar-refractivity contribution in [3.63, 3.8) is 0 Å². The van der Waals surface area contributed by atoms with Gasteiger partial charge in [-0.25, -0.2) is 9.97 Å². The van der Waals surface area contributed by atoms with Gasteiger partial charge in [0.25, 0.3) is 0 Å². The van der Waals surface area contributed by atoms with Gasteiger partial charge in [0.05, 0.1) is 0 Å². The molecular formula is C14H12N2O2. The van der Waals surface area contributed by atoms with Crippen molar-refractivity contribution in [2.75, 3.05) is 0 Å². The minimum absolute atomic E-state index is 0.305. The molecule has 0 amide bonds. The molecule has 90 valence electrons. The SMILES string of the molecule is Cc1ccc(OCc2nc3cccnc3o2)cc1. The van der Waals surface area contributed by atoms with Crippen molar-refractivity contribution in [2.24, 2.45) is 0 Å². The van der Waals surface area contributed by atoms with Crippen LogP contribution in [0.1, 0.15) is 11.5 Å². The number of fused-ring (bicyclic) bond motifs is 1. The molecule has 0 aliphatic carbocycles. The van der Waals surface area contributed by atoms with E-state index in [0.717, 1.165) is 11.3 Å². The Labute approximate surface area is 104 Å². The highest BCUT2D eigenvalue weighted by Gasteiger charge is 2.06. The maximum atomic E-state index is 5.59. The van der Waals surface area contributed by atoms with E-state index in [1.165, 1.54) is 5.56 Å². The van der Waals surface area contributed by atoms with Crippen molar-refractivity contribution in [2.45, 2.75) is 13.5 Å². The number of aryl methyl sites for hydroxylation is 1. The fraction of sp³-hybridized carbons (Fsp3) is 0.143. The van der Waals surface area contributed by atoms with Crippen LogP contribution in [-0.4, -0.2) is 9.97 Å². The summed E-state index contributed by atoms with van der Waals surface area (Å²) in [6.45, 7) is 2.34. The number of ether oxygens (including phenoxy) is 1. The first-order valence-electron chi connectivity index (χ1n) is 5.71. The lowest BCUT2D eigenvalue weighted by atomic mass is 10.2. The molecule has 0 saturated carbocycles. The summed E-state index contributed by atoms with van der Waals surface area (Å²) >= 11 is 0. The van der Waals surface area contributed by atoms with E-state index in [1.54, 1.807) is 6.20 Å². The molecular weight excluding hydrogens is 228 g/mol. The van der Waals surface area contributed by atoms with Crippen molar-refractivity contribution >= 4 is 11.2 Å². The molecule has 0 aliphatic rings. The van der Waals surface area contributed by atoms with Crippen molar-refractivity contribution in [1.82, 2.24) is 9.97 Å². The number of benzene rings is 1. The van der Waals surface area contributed by atoms with Gasteiger partial charge in [-0.2, -0.15) is 0 Å². The molecule has 3 rings (SSSR count). The maximum absolute atomic E-state index is 5.59. The van der Waals surface area contributed by atoms with Crippen molar-refractivity contribution < 1.29 is 9.15 Å². The molecule has 18 heavy (non-hydrogen) atoms. The average Bonchev–Trinajstić information content (AvgIpc) is 2.81. The van der Waals surface area contributed by atoms with E-state index in [-0.39, 0.29) is 0 Å². The summed E-state index contributed by atoms with van der Waals surface area (Å²) in [6, 6.07) is 11.6. The smallest absolute Gasteiger partial charge is 0.247 e. The highest BCUT2D eigenvalue weighted by Crippen LogP contribution is 2.16. The molecule has 0 aliphatic heterocycles. The van der Waals surface area contributed by atoms with Crippen LogP contribution < -0.4 is 4.74 Å². The predicted molar refractivity (Wildman–Crippen MR) is 67.3 cm³/mol. The Morgan fingerprint density at radius 2 is 2.00 bits per heavy atom. The lowest BCUT2D eigenvalue weighted by Gasteiger charge is -2.02. The number of hydrogen-bond acceptors (Lipinski definition) is 4. The summed E-state index contributed by atoms with van der Waals surface area (Å²) < 4.78 is 11.1. The Balaban J connectivity index is 1.74. The topological polar surface area (TPSA) is 48.2 Å². The van der Waals surface area contributed by atoms with Crippen LogP contribution in [0.3, 0.4) is 0 Å². The molecule has 0 bridgehead atoms. The largest absolute Gasteiger partial charge is 0.484 e. The predicted octanol–water partition coefficient (Wildman–Crippen LogP) is 3.11. The first-order valence-corrected chi connectivity index (χ1v) is 5.71. The van der Waals surface area contributed by atoms with Crippen LogP contribution in [0.4, 0.5) is 0 Å². The van der Waals surface area contributed by atoms with E-state index in [9.17, 15) is 0 Å². The van der Waals surface area contributed by atoms with Gasteiger partial charge < -0.3 is 9.15 Å². The van der Waals surface area contributed by atoms with E-state index in [1.807, 2.05) is 43.3 Å². The van der Waals surface area contributed by atoms with Crippen LogP contribution in [0.25, 0.3) is 11.2 Å². The van der Waals surface area contributed by atoms with Crippen LogP contribution in [0.5, 0.6) is 5.75 Å². The standard InChI is InChI=1S/C14H12N2O2/c1-10-4-6-11(7-5-10)17-9-13-16-12-3-2-8-15-14(12)18-13/h2-8H,9H2,1H3. The van der Waals surface area contributed by atoms with Crippen LogP contribution in [0, 0.1) is 6.92 Å². The number of aromatic nitrogens is 2. The monoisotopic (exact) mass is 240 g/mol. The summed E-state index contributed by atoms with van der Waals surface area (Å²) in [5.41, 5.74) is 2.49. The summed E-state index contributed by atoms with van der Waals surface area (Å²) in [4.78, 5) is 8.37. The number of pyridine rings is 1. The van der Waals surface area contributed by atoms with E-state index in [2.05, 4.69) is 9.97 Å². The summed E-state index contributed by atoms with van der Waals surface area (Å²) in [5, 5.41) is 0. The first-order chi connectivity index (χ1) is 8.81. The quantitative estimate of drug-likeness (QED) is 0.705. The Bertz CT molecular complexity index is 626. The Kier molecular flexibility index (Phi) is 2.68. The van der Waals surface area contributed by atoms with Gasteiger partial charge in [0.15, 0.2) is 6.61 Å². The molecule has 4 heteroatoms. The van der Waals surface area contributed by atoms with Gasteiger partial charge in [0.1, 0.15) is 11.3 Å². The lowest BCUT2D eigenvalue weighted by Crippen LogP contribution is -1.95. The van der Waals surface area contributed by atoms with Gasteiger partial charge in [-0.05, 0) is 31.2 Å². The Hall–Kier alpha value is -2.36. The second kappa shape index (κ2) is 4.49. The van der Waals surface area contributed by atoms with E-state index >= 15 is 0 Å². The van der Waals surface area contributed by atoms with Gasteiger partial charge in [-0.15, -0.1) is 0 Å².